The quantitative estimate of drug-likeness (QED) is 0.744. The van der Waals surface area contributed by atoms with Gasteiger partial charge in [0.25, 0.3) is 11.9 Å². The molecule has 3 rings (SSSR count). The second-order valence-electron chi connectivity index (χ2n) is 7.54. The number of carbonyl (C=O) groups excluding carboxylic acids is 1. The van der Waals surface area contributed by atoms with E-state index in [1.165, 1.54) is 11.1 Å². The maximum Gasteiger partial charge on any atom is 0.251 e. The Bertz CT molecular complexity index is 765. The predicted molar refractivity (Wildman–Crippen MR) is 107 cm³/mol. The zero-order valence-corrected chi connectivity index (χ0v) is 17.5. The van der Waals surface area contributed by atoms with Crippen LogP contribution in [0.2, 0.25) is 0 Å². The Kier molecular flexibility index (Phi) is 6.59. The Morgan fingerprint density at radius 3 is 2.81 bits per heavy atom. The number of halogens is 1. The van der Waals surface area contributed by atoms with Crippen molar-refractivity contribution >= 4 is 27.7 Å². The van der Waals surface area contributed by atoms with Gasteiger partial charge in [0, 0.05) is 12.4 Å². The van der Waals surface area contributed by atoms with E-state index in [2.05, 4.69) is 57.1 Å². The molecule has 3 atom stereocenters. The SMILES string of the molecule is CC1CCC(C(C)C)C(OCC(=O)Nc2nn(-c3ncccn3)cc2Br)C1. The van der Waals surface area contributed by atoms with Crippen LogP contribution in [0.1, 0.15) is 40.0 Å². The van der Waals surface area contributed by atoms with E-state index < -0.39 is 0 Å². The first-order valence-corrected chi connectivity index (χ1v) is 10.2. The Morgan fingerprint density at radius 1 is 1.37 bits per heavy atom. The van der Waals surface area contributed by atoms with Crippen LogP contribution in [0, 0.1) is 17.8 Å². The van der Waals surface area contributed by atoms with Crippen molar-refractivity contribution in [3.8, 4) is 5.95 Å². The van der Waals surface area contributed by atoms with Gasteiger partial charge in [-0.25, -0.2) is 14.6 Å². The molecule has 1 aliphatic rings. The van der Waals surface area contributed by atoms with Crippen LogP contribution < -0.4 is 5.32 Å². The highest BCUT2D eigenvalue weighted by Crippen LogP contribution is 2.35. The van der Waals surface area contributed by atoms with Crippen molar-refractivity contribution in [1.29, 1.82) is 0 Å². The van der Waals surface area contributed by atoms with Gasteiger partial charge in [-0.15, -0.1) is 5.10 Å². The molecule has 1 amide bonds. The molecule has 2 aromatic heterocycles. The highest BCUT2D eigenvalue weighted by molar-refractivity contribution is 9.10. The molecule has 146 valence electrons. The molecule has 7 nitrogen and oxygen atoms in total. The van der Waals surface area contributed by atoms with Crippen LogP contribution in [0.25, 0.3) is 5.95 Å². The molecule has 1 N–H and O–H groups in total. The lowest BCUT2D eigenvalue weighted by Crippen LogP contribution is -2.36. The molecule has 0 aliphatic heterocycles. The molecule has 0 saturated heterocycles. The number of amides is 1. The molecular weight excluding hydrogens is 410 g/mol. The maximum atomic E-state index is 12.4. The normalized spacial score (nSPS) is 22.8. The second-order valence-corrected chi connectivity index (χ2v) is 8.40. The van der Waals surface area contributed by atoms with E-state index in [1.54, 1.807) is 24.7 Å². The van der Waals surface area contributed by atoms with Crippen LogP contribution in [0.15, 0.2) is 29.1 Å². The molecule has 8 heteroatoms. The van der Waals surface area contributed by atoms with Gasteiger partial charge in [0.1, 0.15) is 6.61 Å². The molecule has 2 aromatic rings. The van der Waals surface area contributed by atoms with Crippen LogP contribution >= 0.6 is 15.9 Å². The Morgan fingerprint density at radius 2 is 2.11 bits per heavy atom. The van der Waals surface area contributed by atoms with E-state index >= 15 is 0 Å². The molecule has 2 heterocycles. The lowest BCUT2D eigenvalue weighted by Gasteiger charge is -2.37. The van der Waals surface area contributed by atoms with E-state index in [-0.39, 0.29) is 18.6 Å². The summed E-state index contributed by atoms with van der Waals surface area (Å²) in [5.41, 5.74) is 0. The van der Waals surface area contributed by atoms with E-state index in [0.29, 0.717) is 34.0 Å². The van der Waals surface area contributed by atoms with Gasteiger partial charge < -0.3 is 10.1 Å². The smallest absolute Gasteiger partial charge is 0.251 e. The minimum Gasteiger partial charge on any atom is -0.368 e. The first-order chi connectivity index (χ1) is 12.9. The van der Waals surface area contributed by atoms with Crippen molar-refractivity contribution in [2.45, 2.75) is 46.1 Å². The monoisotopic (exact) mass is 435 g/mol. The summed E-state index contributed by atoms with van der Waals surface area (Å²) in [6.07, 6.45) is 8.54. The fourth-order valence-electron chi connectivity index (χ4n) is 3.61. The largest absolute Gasteiger partial charge is 0.368 e. The second kappa shape index (κ2) is 8.93. The summed E-state index contributed by atoms with van der Waals surface area (Å²) in [4.78, 5) is 20.7. The van der Waals surface area contributed by atoms with Crippen molar-refractivity contribution < 1.29 is 9.53 Å². The molecule has 1 saturated carbocycles. The number of aromatic nitrogens is 4. The topological polar surface area (TPSA) is 81.9 Å². The standard InChI is InChI=1S/C19H26BrN5O2/c1-12(2)14-6-5-13(3)9-16(14)27-11-17(26)23-18-15(20)10-25(24-18)19-21-7-4-8-22-19/h4,7-8,10,12-14,16H,5-6,9,11H2,1-3H3,(H,23,24,26). The van der Waals surface area contributed by atoms with Crippen molar-refractivity contribution in [1.82, 2.24) is 19.7 Å². The number of ether oxygens (including phenoxy) is 1. The highest BCUT2D eigenvalue weighted by atomic mass is 79.9. The first kappa shape index (κ1) is 19.9. The third-order valence-corrected chi connectivity index (χ3v) is 5.65. The van der Waals surface area contributed by atoms with Gasteiger partial charge in [-0.05, 0) is 52.6 Å². The predicted octanol–water partition coefficient (Wildman–Crippen LogP) is 3.84. The lowest BCUT2D eigenvalue weighted by molar-refractivity contribution is -0.126. The first-order valence-electron chi connectivity index (χ1n) is 9.38. The molecule has 27 heavy (non-hydrogen) atoms. The summed E-state index contributed by atoms with van der Waals surface area (Å²) in [7, 11) is 0. The van der Waals surface area contributed by atoms with Crippen LogP contribution in [0.5, 0.6) is 0 Å². The minimum atomic E-state index is -0.212. The number of hydrogen-bond donors (Lipinski definition) is 1. The zero-order valence-electron chi connectivity index (χ0n) is 15.9. The molecule has 0 spiro atoms. The summed E-state index contributed by atoms with van der Waals surface area (Å²) < 4.78 is 8.18. The molecular formula is C19H26BrN5O2. The van der Waals surface area contributed by atoms with E-state index in [4.69, 9.17) is 4.74 Å². The third-order valence-electron chi connectivity index (χ3n) is 5.07. The zero-order chi connectivity index (χ0) is 19.4. The van der Waals surface area contributed by atoms with Gasteiger partial charge in [0.15, 0.2) is 5.82 Å². The summed E-state index contributed by atoms with van der Waals surface area (Å²) in [5, 5.41) is 7.12. The highest BCUT2D eigenvalue weighted by Gasteiger charge is 2.31. The van der Waals surface area contributed by atoms with E-state index in [0.717, 1.165) is 12.8 Å². The Balaban J connectivity index is 1.58. The number of carbonyl (C=O) groups is 1. The van der Waals surface area contributed by atoms with Crippen LogP contribution in [0.4, 0.5) is 5.82 Å². The fraction of sp³-hybridized carbons (Fsp3) is 0.579. The van der Waals surface area contributed by atoms with Gasteiger partial charge in [-0.1, -0.05) is 27.2 Å². The molecule has 1 fully saturated rings. The van der Waals surface area contributed by atoms with Crippen LogP contribution in [-0.4, -0.2) is 38.4 Å². The number of nitrogens with zero attached hydrogens (tertiary/aromatic N) is 4. The number of rotatable bonds is 6. The minimum absolute atomic E-state index is 0.0295. The van der Waals surface area contributed by atoms with Crippen molar-refractivity contribution in [3.05, 3.63) is 29.1 Å². The van der Waals surface area contributed by atoms with E-state index in [9.17, 15) is 4.79 Å². The average molecular weight is 436 g/mol. The molecule has 3 unspecified atom stereocenters. The lowest BCUT2D eigenvalue weighted by atomic mass is 9.75. The van der Waals surface area contributed by atoms with Crippen LogP contribution in [0.3, 0.4) is 0 Å². The van der Waals surface area contributed by atoms with Crippen LogP contribution in [-0.2, 0) is 9.53 Å². The fourth-order valence-corrected chi connectivity index (χ4v) is 3.98. The van der Waals surface area contributed by atoms with Gasteiger partial charge in [0.05, 0.1) is 16.8 Å². The summed E-state index contributed by atoms with van der Waals surface area (Å²) in [5.74, 6) is 2.36. The Hall–Kier alpha value is -1.80. The number of anilines is 1. The summed E-state index contributed by atoms with van der Waals surface area (Å²) in [6.45, 7) is 6.74. The Labute approximate surface area is 168 Å². The number of nitrogens with one attached hydrogen (secondary N) is 1. The third kappa shape index (κ3) is 5.13. The average Bonchev–Trinajstić information content (AvgIpc) is 3.01. The molecule has 1 aliphatic carbocycles. The van der Waals surface area contributed by atoms with Crippen molar-refractivity contribution in [2.75, 3.05) is 11.9 Å². The van der Waals surface area contributed by atoms with Gasteiger partial charge >= 0.3 is 0 Å². The van der Waals surface area contributed by atoms with Gasteiger partial charge in [-0.2, -0.15) is 0 Å². The molecule has 0 aromatic carbocycles. The molecule has 0 bridgehead atoms. The number of hydrogen-bond acceptors (Lipinski definition) is 5. The van der Waals surface area contributed by atoms with Crippen molar-refractivity contribution in [3.63, 3.8) is 0 Å². The molecule has 0 radical (unpaired) electrons. The van der Waals surface area contributed by atoms with Gasteiger partial charge in [-0.3, -0.25) is 4.79 Å². The summed E-state index contributed by atoms with van der Waals surface area (Å²) in [6, 6.07) is 1.73. The summed E-state index contributed by atoms with van der Waals surface area (Å²) >= 11 is 3.41. The maximum absolute atomic E-state index is 12.4. The van der Waals surface area contributed by atoms with E-state index in [1.807, 2.05) is 0 Å². The van der Waals surface area contributed by atoms with Gasteiger partial charge in [0.2, 0.25) is 0 Å². The van der Waals surface area contributed by atoms with Crippen molar-refractivity contribution in [2.24, 2.45) is 17.8 Å².